The highest BCUT2D eigenvalue weighted by molar-refractivity contribution is 5.82. The molecule has 3 rings (SSSR count). The molecule has 2 aliphatic heterocycles. The van der Waals surface area contributed by atoms with E-state index in [1.165, 1.54) is 45.2 Å². The van der Waals surface area contributed by atoms with Gasteiger partial charge in [0.2, 0.25) is 5.91 Å². The van der Waals surface area contributed by atoms with Crippen LogP contribution in [-0.4, -0.2) is 50.1 Å². The van der Waals surface area contributed by atoms with Crippen LogP contribution in [-0.2, 0) is 4.79 Å². The summed E-state index contributed by atoms with van der Waals surface area (Å²) >= 11 is 0. The van der Waals surface area contributed by atoms with Gasteiger partial charge in [-0.1, -0.05) is 6.42 Å². The number of likely N-dealkylation sites (tertiary alicyclic amines) is 1. The number of rotatable bonds is 3. The van der Waals surface area contributed by atoms with Gasteiger partial charge >= 0.3 is 0 Å². The number of hydrogen-bond donors (Lipinski definition) is 2. The quantitative estimate of drug-likeness (QED) is 0.794. The summed E-state index contributed by atoms with van der Waals surface area (Å²) in [6.45, 7) is 4.28. The van der Waals surface area contributed by atoms with Crippen molar-refractivity contribution in [3.8, 4) is 0 Å². The van der Waals surface area contributed by atoms with E-state index < -0.39 is 0 Å². The zero-order valence-electron chi connectivity index (χ0n) is 12.0. The summed E-state index contributed by atoms with van der Waals surface area (Å²) in [6, 6.07) is 0.0961. The predicted octanol–water partition coefficient (Wildman–Crippen LogP) is 0.833. The zero-order chi connectivity index (χ0) is 13.2. The minimum Gasteiger partial charge on any atom is -0.354 e. The molecule has 1 saturated carbocycles. The maximum atomic E-state index is 12.3. The van der Waals surface area contributed by atoms with Crippen molar-refractivity contribution in [2.75, 3.05) is 33.2 Å². The number of hydrogen-bond acceptors (Lipinski definition) is 3. The lowest BCUT2D eigenvalue weighted by molar-refractivity contribution is -0.124. The van der Waals surface area contributed by atoms with Crippen LogP contribution in [0.1, 0.15) is 32.1 Å². The number of carbonyl (C=O) groups excluding carboxylic acids is 1. The van der Waals surface area contributed by atoms with E-state index in [9.17, 15) is 4.79 Å². The summed E-state index contributed by atoms with van der Waals surface area (Å²) in [4.78, 5) is 14.7. The van der Waals surface area contributed by atoms with Crippen LogP contribution in [0.25, 0.3) is 0 Å². The molecule has 2 N–H and O–H groups in total. The van der Waals surface area contributed by atoms with E-state index >= 15 is 0 Å². The zero-order valence-corrected chi connectivity index (χ0v) is 12.0. The van der Waals surface area contributed by atoms with Gasteiger partial charge in [0.15, 0.2) is 0 Å². The average Bonchev–Trinajstić information content (AvgIpc) is 3.00. The Balaban J connectivity index is 1.44. The van der Waals surface area contributed by atoms with E-state index in [0.29, 0.717) is 11.8 Å². The highest BCUT2D eigenvalue weighted by Gasteiger charge is 2.42. The Labute approximate surface area is 116 Å². The monoisotopic (exact) mass is 265 g/mol. The van der Waals surface area contributed by atoms with Crippen molar-refractivity contribution in [2.45, 2.75) is 38.1 Å². The standard InChI is InChI=1S/C15H27N3O/c1-18-7-5-11(6-8-18)9-17-15(19)14-13-4-2-3-12(13)10-16-14/h11-14,16H,2-10H2,1H3,(H,17,19). The Kier molecular flexibility index (Phi) is 4.08. The minimum atomic E-state index is 0.0961. The normalized spacial score (nSPS) is 36.4. The fourth-order valence-electron chi connectivity index (χ4n) is 4.10. The molecule has 0 bridgehead atoms. The Bertz CT molecular complexity index is 325. The fraction of sp³-hybridized carbons (Fsp3) is 0.933. The second-order valence-corrected chi connectivity index (χ2v) is 6.73. The van der Waals surface area contributed by atoms with E-state index in [1.807, 2.05) is 0 Å². The van der Waals surface area contributed by atoms with Gasteiger partial charge in [-0.2, -0.15) is 0 Å². The third-order valence-corrected chi connectivity index (χ3v) is 5.43. The lowest BCUT2D eigenvalue weighted by atomic mass is 9.93. The largest absolute Gasteiger partial charge is 0.354 e. The molecule has 3 atom stereocenters. The lowest BCUT2D eigenvalue weighted by Gasteiger charge is -2.29. The molecular formula is C15H27N3O. The average molecular weight is 265 g/mol. The molecule has 1 aliphatic carbocycles. The van der Waals surface area contributed by atoms with E-state index in [0.717, 1.165) is 19.0 Å². The highest BCUT2D eigenvalue weighted by Crippen LogP contribution is 2.37. The molecule has 0 aromatic carbocycles. The Morgan fingerprint density at radius 2 is 2.05 bits per heavy atom. The Morgan fingerprint density at radius 1 is 1.26 bits per heavy atom. The number of piperidine rings is 1. The van der Waals surface area contributed by atoms with E-state index in [2.05, 4.69) is 22.6 Å². The van der Waals surface area contributed by atoms with E-state index in [1.54, 1.807) is 0 Å². The topological polar surface area (TPSA) is 44.4 Å². The summed E-state index contributed by atoms with van der Waals surface area (Å²) in [5.41, 5.74) is 0. The van der Waals surface area contributed by atoms with Crippen molar-refractivity contribution in [1.29, 1.82) is 0 Å². The summed E-state index contributed by atoms with van der Waals surface area (Å²) in [5.74, 6) is 2.31. The van der Waals surface area contributed by atoms with Gasteiger partial charge in [0.1, 0.15) is 0 Å². The van der Waals surface area contributed by atoms with Crippen LogP contribution in [0, 0.1) is 17.8 Å². The molecule has 2 saturated heterocycles. The van der Waals surface area contributed by atoms with Crippen LogP contribution in [0.2, 0.25) is 0 Å². The van der Waals surface area contributed by atoms with E-state index in [4.69, 9.17) is 0 Å². The SMILES string of the molecule is CN1CCC(CNC(=O)C2NCC3CCCC32)CC1. The van der Waals surface area contributed by atoms with Crippen molar-refractivity contribution in [2.24, 2.45) is 17.8 Å². The van der Waals surface area contributed by atoms with Crippen molar-refractivity contribution >= 4 is 5.91 Å². The van der Waals surface area contributed by atoms with Gasteiger partial charge in [0.25, 0.3) is 0 Å². The lowest BCUT2D eigenvalue weighted by Crippen LogP contribution is -2.46. The smallest absolute Gasteiger partial charge is 0.237 e. The van der Waals surface area contributed by atoms with Crippen LogP contribution in [0.3, 0.4) is 0 Å². The maximum Gasteiger partial charge on any atom is 0.237 e. The number of nitrogens with zero attached hydrogens (tertiary/aromatic N) is 1. The number of carbonyl (C=O) groups is 1. The number of amides is 1. The Morgan fingerprint density at radius 3 is 2.84 bits per heavy atom. The van der Waals surface area contributed by atoms with Crippen LogP contribution in [0.5, 0.6) is 0 Å². The Hall–Kier alpha value is -0.610. The first-order chi connectivity index (χ1) is 9.24. The second-order valence-electron chi connectivity index (χ2n) is 6.73. The molecule has 0 radical (unpaired) electrons. The van der Waals surface area contributed by atoms with Gasteiger partial charge in [0, 0.05) is 6.54 Å². The molecule has 4 heteroatoms. The van der Waals surface area contributed by atoms with Gasteiger partial charge in [-0.05, 0) is 70.1 Å². The van der Waals surface area contributed by atoms with Gasteiger partial charge in [-0.25, -0.2) is 0 Å². The van der Waals surface area contributed by atoms with Crippen molar-refractivity contribution in [3.63, 3.8) is 0 Å². The molecular weight excluding hydrogens is 238 g/mol. The number of nitrogens with one attached hydrogen (secondary N) is 2. The van der Waals surface area contributed by atoms with Crippen LogP contribution >= 0.6 is 0 Å². The first kappa shape index (κ1) is 13.4. The summed E-state index contributed by atoms with van der Waals surface area (Å²) in [7, 11) is 2.18. The third-order valence-electron chi connectivity index (χ3n) is 5.43. The van der Waals surface area contributed by atoms with Crippen LogP contribution in [0.15, 0.2) is 0 Å². The van der Waals surface area contributed by atoms with Crippen LogP contribution in [0.4, 0.5) is 0 Å². The molecule has 3 unspecified atom stereocenters. The van der Waals surface area contributed by atoms with Crippen LogP contribution < -0.4 is 10.6 Å². The minimum absolute atomic E-state index is 0.0961. The first-order valence-electron chi connectivity index (χ1n) is 7.93. The molecule has 108 valence electrons. The van der Waals surface area contributed by atoms with Crippen molar-refractivity contribution < 1.29 is 4.79 Å². The molecule has 4 nitrogen and oxygen atoms in total. The molecule has 0 spiro atoms. The second kappa shape index (κ2) is 5.80. The van der Waals surface area contributed by atoms with Gasteiger partial charge < -0.3 is 15.5 Å². The molecule has 1 amide bonds. The van der Waals surface area contributed by atoms with Crippen molar-refractivity contribution in [3.05, 3.63) is 0 Å². The summed E-state index contributed by atoms with van der Waals surface area (Å²) < 4.78 is 0. The van der Waals surface area contributed by atoms with Gasteiger partial charge in [0.05, 0.1) is 6.04 Å². The molecule has 19 heavy (non-hydrogen) atoms. The predicted molar refractivity (Wildman–Crippen MR) is 75.9 cm³/mol. The van der Waals surface area contributed by atoms with Crippen molar-refractivity contribution in [1.82, 2.24) is 15.5 Å². The highest BCUT2D eigenvalue weighted by atomic mass is 16.2. The molecule has 3 aliphatic rings. The third kappa shape index (κ3) is 2.95. The molecule has 3 fully saturated rings. The van der Waals surface area contributed by atoms with E-state index in [-0.39, 0.29) is 11.9 Å². The summed E-state index contributed by atoms with van der Waals surface area (Å²) in [5, 5.41) is 6.63. The van der Waals surface area contributed by atoms with Gasteiger partial charge in [-0.3, -0.25) is 4.79 Å². The van der Waals surface area contributed by atoms with Gasteiger partial charge in [-0.15, -0.1) is 0 Å². The maximum absolute atomic E-state index is 12.3. The number of fused-ring (bicyclic) bond motifs is 1. The first-order valence-corrected chi connectivity index (χ1v) is 7.93. The molecule has 0 aromatic heterocycles. The fourth-order valence-corrected chi connectivity index (χ4v) is 4.10. The molecule has 0 aromatic rings. The molecule has 2 heterocycles. The summed E-state index contributed by atoms with van der Waals surface area (Å²) in [6.07, 6.45) is 6.32.